The molecule has 0 bridgehead atoms. The number of hydrogen-bond acceptors (Lipinski definition) is 4. The zero-order valence-electron chi connectivity index (χ0n) is 13.9. The van der Waals surface area contributed by atoms with Crippen LogP contribution in [0.3, 0.4) is 0 Å². The lowest BCUT2D eigenvalue weighted by Gasteiger charge is -2.06. The molecule has 0 saturated carbocycles. The first kappa shape index (κ1) is 17.5. The number of rotatable bonds is 4. The molecule has 2 aromatic carbocycles. The van der Waals surface area contributed by atoms with Crippen LogP contribution in [0.2, 0.25) is 5.15 Å². The molecule has 0 amide bonds. The van der Waals surface area contributed by atoms with Crippen molar-refractivity contribution in [2.24, 2.45) is 0 Å². The largest absolute Gasteiger partial charge is 0.211 e. The molecular formula is C20H14ClFN2S2. The molecule has 26 heavy (non-hydrogen) atoms. The minimum Gasteiger partial charge on any atom is -0.211 e. The second-order valence-corrected chi connectivity index (χ2v) is 8.01. The Hall–Kier alpha value is -1.95. The summed E-state index contributed by atoms with van der Waals surface area (Å²) in [6, 6.07) is 14.7. The third-order valence-electron chi connectivity index (χ3n) is 4.14. The summed E-state index contributed by atoms with van der Waals surface area (Å²) in [5, 5.41) is 3.92. The van der Waals surface area contributed by atoms with Gasteiger partial charge in [-0.3, -0.25) is 0 Å². The van der Waals surface area contributed by atoms with Crippen LogP contribution < -0.4 is 0 Å². The van der Waals surface area contributed by atoms with Crippen LogP contribution in [0.5, 0.6) is 0 Å². The van der Waals surface area contributed by atoms with Gasteiger partial charge in [0.1, 0.15) is 15.8 Å². The predicted molar refractivity (Wildman–Crippen MR) is 109 cm³/mol. The molecule has 4 rings (SSSR count). The van der Waals surface area contributed by atoms with Gasteiger partial charge in [-0.05, 0) is 35.7 Å². The van der Waals surface area contributed by atoms with Crippen LogP contribution in [-0.2, 0) is 5.75 Å². The molecule has 0 saturated heterocycles. The third-order valence-corrected chi connectivity index (χ3v) is 6.18. The van der Waals surface area contributed by atoms with Crippen molar-refractivity contribution in [3.05, 3.63) is 76.0 Å². The van der Waals surface area contributed by atoms with E-state index in [9.17, 15) is 4.39 Å². The van der Waals surface area contributed by atoms with Crippen LogP contribution in [0.25, 0.3) is 21.3 Å². The molecule has 2 aromatic heterocycles. The van der Waals surface area contributed by atoms with Crippen molar-refractivity contribution in [3.8, 4) is 11.1 Å². The average Bonchev–Trinajstić information content (AvgIpc) is 3.06. The molecule has 130 valence electrons. The van der Waals surface area contributed by atoms with Gasteiger partial charge in [0.25, 0.3) is 0 Å². The van der Waals surface area contributed by atoms with E-state index < -0.39 is 0 Å². The number of thiophene rings is 1. The molecule has 0 radical (unpaired) electrons. The Morgan fingerprint density at radius 3 is 2.62 bits per heavy atom. The highest BCUT2D eigenvalue weighted by atomic mass is 35.5. The molecule has 2 heterocycles. The normalized spacial score (nSPS) is 11.2. The van der Waals surface area contributed by atoms with Crippen molar-refractivity contribution < 1.29 is 4.39 Å². The number of thioether (sulfide) groups is 1. The highest BCUT2D eigenvalue weighted by molar-refractivity contribution is 7.98. The number of aryl methyl sites for hydroxylation is 1. The number of aromatic nitrogens is 2. The third kappa shape index (κ3) is 3.47. The molecule has 0 aliphatic heterocycles. The minimum absolute atomic E-state index is 0.259. The number of halogens is 2. The number of nitrogens with zero attached hydrogens (tertiary/aromatic N) is 2. The Morgan fingerprint density at radius 1 is 1.08 bits per heavy atom. The lowest BCUT2D eigenvalue weighted by atomic mass is 10.1. The van der Waals surface area contributed by atoms with Crippen molar-refractivity contribution in [2.75, 3.05) is 0 Å². The first-order valence-electron chi connectivity index (χ1n) is 8.00. The number of benzene rings is 2. The maximum atomic E-state index is 13.2. The van der Waals surface area contributed by atoms with Gasteiger partial charge in [-0.1, -0.05) is 59.8 Å². The molecule has 0 spiro atoms. The van der Waals surface area contributed by atoms with E-state index in [-0.39, 0.29) is 5.82 Å². The van der Waals surface area contributed by atoms with Gasteiger partial charge in [-0.25, -0.2) is 14.4 Å². The fraction of sp³-hybridized carbons (Fsp3) is 0.100. The van der Waals surface area contributed by atoms with Crippen LogP contribution in [0.15, 0.2) is 59.1 Å². The van der Waals surface area contributed by atoms with E-state index in [1.54, 1.807) is 23.9 Å². The van der Waals surface area contributed by atoms with Gasteiger partial charge in [-0.15, -0.1) is 11.3 Å². The van der Waals surface area contributed by atoms with E-state index in [1.165, 1.54) is 34.6 Å². The Kier molecular flexibility index (Phi) is 4.94. The first-order valence-corrected chi connectivity index (χ1v) is 10.2. The standard InChI is InChI=1S/C20H14ClFN2S2/c1-12-4-2-3-5-14(12)10-26-20-23-18(21)17-16(11-25-19(17)24-20)13-6-8-15(22)9-7-13/h2-9,11H,10H2,1H3. The smallest absolute Gasteiger partial charge is 0.190 e. The van der Waals surface area contributed by atoms with Crippen molar-refractivity contribution in [1.82, 2.24) is 9.97 Å². The molecule has 0 aliphatic carbocycles. The lowest BCUT2D eigenvalue weighted by Crippen LogP contribution is -1.91. The summed E-state index contributed by atoms with van der Waals surface area (Å²) in [6.45, 7) is 2.10. The van der Waals surface area contributed by atoms with Crippen molar-refractivity contribution in [1.29, 1.82) is 0 Å². The van der Waals surface area contributed by atoms with Gasteiger partial charge in [-0.2, -0.15) is 0 Å². The Morgan fingerprint density at radius 2 is 1.85 bits per heavy atom. The van der Waals surface area contributed by atoms with Crippen LogP contribution in [0.4, 0.5) is 4.39 Å². The Labute approximate surface area is 164 Å². The summed E-state index contributed by atoms with van der Waals surface area (Å²) in [5.74, 6) is 0.538. The summed E-state index contributed by atoms with van der Waals surface area (Å²) in [4.78, 5) is 9.97. The lowest BCUT2D eigenvalue weighted by molar-refractivity contribution is 0.628. The SMILES string of the molecule is Cc1ccccc1CSc1nc(Cl)c2c(-c3ccc(F)cc3)csc2n1. The maximum absolute atomic E-state index is 13.2. The second kappa shape index (κ2) is 7.35. The molecule has 0 atom stereocenters. The van der Waals surface area contributed by atoms with Gasteiger partial charge in [0.05, 0.1) is 5.39 Å². The van der Waals surface area contributed by atoms with E-state index >= 15 is 0 Å². The second-order valence-electron chi connectivity index (χ2n) is 5.85. The molecule has 4 aromatic rings. The first-order chi connectivity index (χ1) is 12.6. The van der Waals surface area contributed by atoms with E-state index in [0.29, 0.717) is 10.3 Å². The molecule has 0 unspecified atom stereocenters. The van der Waals surface area contributed by atoms with Gasteiger partial charge >= 0.3 is 0 Å². The fourth-order valence-electron chi connectivity index (χ4n) is 2.70. The van der Waals surface area contributed by atoms with Crippen molar-refractivity contribution >= 4 is 44.9 Å². The summed E-state index contributed by atoms with van der Waals surface area (Å²) in [5.41, 5.74) is 4.35. The predicted octanol–water partition coefficient (Wildman–Crippen LogP) is 6.75. The fourth-order valence-corrected chi connectivity index (χ4v) is 5.00. The maximum Gasteiger partial charge on any atom is 0.190 e. The summed E-state index contributed by atoms with van der Waals surface area (Å²) in [6.07, 6.45) is 0. The van der Waals surface area contributed by atoms with Gasteiger partial charge in [0.15, 0.2) is 5.16 Å². The quantitative estimate of drug-likeness (QED) is 0.215. The molecular weight excluding hydrogens is 387 g/mol. The van der Waals surface area contributed by atoms with E-state index in [4.69, 9.17) is 11.6 Å². The molecule has 0 aliphatic rings. The monoisotopic (exact) mass is 400 g/mol. The average molecular weight is 401 g/mol. The van der Waals surface area contributed by atoms with Gasteiger partial charge < -0.3 is 0 Å². The highest BCUT2D eigenvalue weighted by Gasteiger charge is 2.14. The van der Waals surface area contributed by atoms with Crippen LogP contribution >= 0.6 is 34.7 Å². The topological polar surface area (TPSA) is 25.8 Å². The van der Waals surface area contributed by atoms with Crippen LogP contribution in [-0.4, -0.2) is 9.97 Å². The summed E-state index contributed by atoms with van der Waals surface area (Å²) >= 11 is 9.57. The zero-order valence-corrected chi connectivity index (χ0v) is 16.3. The number of hydrogen-bond donors (Lipinski definition) is 0. The highest BCUT2D eigenvalue weighted by Crippen LogP contribution is 2.38. The Balaban J connectivity index is 1.65. The minimum atomic E-state index is -0.259. The molecule has 2 nitrogen and oxygen atoms in total. The van der Waals surface area contributed by atoms with Crippen LogP contribution in [0.1, 0.15) is 11.1 Å². The van der Waals surface area contributed by atoms with Gasteiger partial charge in [0.2, 0.25) is 0 Å². The van der Waals surface area contributed by atoms with E-state index in [2.05, 4.69) is 29.0 Å². The van der Waals surface area contributed by atoms with Crippen LogP contribution in [0, 0.1) is 12.7 Å². The Bertz CT molecular complexity index is 1080. The molecule has 0 N–H and O–H groups in total. The van der Waals surface area contributed by atoms with Gasteiger partial charge in [0, 0.05) is 16.7 Å². The molecule has 0 fully saturated rings. The van der Waals surface area contributed by atoms with Crippen molar-refractivity contribution in [3.63, 3.8) is 0 Å². The zero-order chi connectivity index (χ0) is 18.1. The van der Waals surface area contributed by atoms with E-state index in [1.807, 2.05) is 17.5 Å². The summed E-state index contributed by atoms with van der Waals surface area (Å²) in [7, 11) is 0. The number of fused-ring (bicyclic) bond motifs is 1. The molecule has 6 heteroatoms. The van der Waals surface area contributed by atoms with E-state index in [0.717, 1.165) is 27.1 Å². The van der Waals surface area contributed by atoms with Crippen molar-refractivity contribution in [2.45, 2.75) is 17.8 Å². The summed E-state index contributed by atoms with van der Waals surface area (Å²) < 4.78 is 13.2.